The summed E-state index contributed by atoms with van der Waals surface area (Å²) in [4.78, 5) is 11.9. The molecule has 0 saturated heterocycles. The maximum absolute atomic E-state index is 11.9. The number of hydrogen-bond donors (Lipinski definition) is 1. The Kier molecular flexibility index (Phi) is 5.22. The molecule has 0 aliphatic rings. The molecule has 0 aliphatic heterocycles. The lowest BCUT2D eigenvalue weighted by molar-refractivity contribution is 0.0929. The van der Waals surface area contributed by atoms with Crippen LogP contribution in [-0.2, 0) is 0 Å². The molecule has 2 N–H and O–H groups in total. The first-order chi connectivity index (χ1) is 7.54. The van der Waals surface area contributed by atoms with E-state index >= 15 is 0 Å². The summed E-state index contributed by atoms with van der Waals surface area (Å²) < 4.78 is 5.86. The van der Waals surface area contributed by atoms with Crippen molar-refractivity contribution in [2.75, 3.05) is 6.54 Å². The molecule has 0 bridgehead atoms. The third-order valence-electron chi connectivity index (χ3n) is 2.48. The lowest BCUT2D eigenvalue weighted by Gasteiger charge is -2.15. The molecule has 16 heavy (non-hydrogen) atoms. The minimum absolute atomic E-state index is 0.0213. The lowest BCUT2D eigenvalue weighted by Crippen LogP contribution is -2.20. The molecule has 0 aliphatic carbocycles. The van der Waals surface area contributed by atoms with Crippen LogP contribution < -0.4 is 5.73 Å². The van der Waals surface area contributed by atoms with E-state index < -0.39 is 0 Å². The van der Waals surface area contributed by atoms with E-state index in [1.807, 2.05) is 0 Å². The van der Waals surface area contributed by atoms with Gasteiger partial charge in [-0.25, -0.2) is 0 Å². The van der Waals surface area contributed by atoms with Gasteiger partial charge in [0.1, 0.15) is 0 Å². The van der Waals surface area contributed by atoms with Crippen LogP contribution in [0.3, 0.4) is 0 Å². The van der Waals surface area contributed by atoms with Crippen molar-refractivity contribution in [2.24, 2.45) is 17.6 Å². The van der Waals surface area contributed by atoms with Crippen LogP contribution in [0.4, 0.5) is 0 Å². The molecule has 0 radical (unpaired) electrons. The van der Waals surface area contributed by atoms with Crippen LogP contribution in [0.25, 0.3) is 0 Å². The molecule has 1 aromatic rings. The third kappa shape index (κ3) is 3.76. The molecule has 0 fully saturated rings. The van der Waals surface area contributed by atoms with Crippen molar-refractivity contribution >= 4 is 21.7 Å². The Balaban J connectivity index is 2.59. The summed E-state index contributed by atoms with van der Waals surface area (Å²) in [7, 11) is 0. The molecule has 90 valence electrons. The average Bonchev–Trinajstić information content (AvgIpc) is 2.62. The average molecular weight is 288 g/mol. The van der Waals surface area contributed by atoms with Crippen molar-refractivity contribution in [3.63, 3.8) is 0 Å². The van der Waals surface area contributed by atoms with E-state index in [0.717, 1.165) is 10.9 Å². The minimum atomic E-state index is 0.0213. The van der Waals surface area contributed by atoms with Crippen LogP contribution in [0.1, 0.15) is 37.2 Å². The highest BCUT2D eigenvalue weighted by atomic mass is 79.9. The Labute approximate surface area is 105 Å². The Hall–Kier alpha value is -0.610. The number of carbonyl (C=O) groups excluding carboxylic acids is 1. The second-order valence-corrected chi connectivity index (χ2v) is 5.31. The van der Waals surface area contributed by atoms with Gasteiger partial charge in [-0.2, -0.15) is 0 Å². The van der Waals surface area contributed by atoms with Gasteiger partial charge in [0.25, 0.3) is 0 Å². The minimum Gasteiger partial charge on any atom is -0.460 e. The standard InChI is InChI=1S/C12H18BrNO2/c1-8(2)5-9(7-14)6-11(15)12-10(13)3-4-16-12/h3-4,8-9H,5-7,14H2,1-2H3. The topological polar surface area (TPSA) is 56.2 Å². The van der Waals surface area contributed by atoms with Gasteiger partial charge in [0.05, 0.1) is 10.7 Å². The van der Waals surface area contributed by atoms with Gasteiger partial charge in [0, 0.05) is 6.42 Å². The van der Waals surface area contributed by atoms with E-state index in [2.05, 4.69) is 29.8 Å². The number of hydrogen-bond acceptors (Lipinski definition) is 3. The van der Waals surface area contributed by atoms with Crippen molar-refractivity contribution < 1.29 is 9.21 Å². The normalized spacial score (nSPS) is 13.1. The molecule has 1 aromatic heterocycles. The Morgan fingerprint density at radius 2 is 2.25 bits per heavy atom. The predicted molar refractivity (Wildman–Crippen MR) is 67.4 cm³/mol. The highest BCUT2D eigenvalue weighted by Crippen LogP contribution is 2.22. The molecule has 0 spiro atoms. The molecular formula is C12H18BrNO2. The van der Waals surface area contributed by atoms with Gasteiger partial charge in [0.2, 0.25) is 0 Å². The van der Waals surface area contributed by atoms with E-state index in [9.17, 15) is 4.79 Å². The first-order valence-corrected chi connectivity index (χ1v) is 6.30. The quantitative estimate of drug-likeness (QED) is 0.817. The van der Waals surface area contributed by atoms with Crippen LogP contribution in [0, 0.1) is 11.8 Å². The first-order valence-electron chi connectivity index (χ1n) is 5.50. The number of carbonyl (C=O) groups is 1. The molecule has 1 rings (SSSR count). The molecule has 1 unspecified atom stereocenters. The molecule has 0 amide bonds. The van der Waals surface area contributed by atoms with Crippen molar-refractivity contribution in [3.05, 3.63) is 22.6 Å². The van der Waals surface area contributed by atoms with Gasteiger partial charge in [-0.15, -0.1) is 0 Å². The summed E-state index contributed by atoms with van der Waals surface area (Å²) in [5.74, 6) is 1.22. The summed E-state index contributed by atoms with van der Waals surface area (Å²) in [5.41, 5.74) is 5.67. The summed E-state index contributed by atoms with van der Waals surface area (Å²) in [6.07, 6.45) is 2.94. The lowest BCUT2D eigenvalue weighted by atomic mass is 9.92. The van der Waals surface area contributed by atoms with Crippen molar-refractivity contribution in [3.8, 4) is 0 Å². The van der Waals surface area contributed by atoms with E-state index in [-0.39, 0.29) is 11.7 Å². The fraction of sp³-hybridized carbons (Fsp3) is 0.583. The Morgan fingerprint density at radius 1 is 1.56 bits per heavy atom. The summed E-state index contributed by atoms with van der Waals surface area (Å²) in [6, 6.07) is 1.73. The maximum Gasteiger partial charge on any atom is 0.199 e. The van der Waals surface area contributed by atoms with Crippen molar-refractivity contribution in [1.29, 1.82) is 0 Å². The van der Waals surface area contributed by atoms with Crippen LogP contribution >= 0.6 is 15.9 Å². The Morgan fingerprint density at radius 3 is 2.69 bits per heavy atom. The monoisotopic (exact) mass is 287 g/mol. The molecule has 4 heteroatoms. The summed E-state index contributed by atoms with van der Waals surface area (Å²) in [5, 5.41) is 0. The van der Waals surface area contributed by atoms with Gasteiger partial charge in [-0.3, -0.25) is 4.79 Å². The second kappa shape index (κ2) is 6.21. The van der Waals surface area contributed by atoms with E-state index in [1.54, 1.807) is 6.07 Å². The van der Waals surface area contributed by atoms with E-state index in [4.69, 9.17) is 10.2 Å². The SMILES string of the molecule is CC(C)CC(CN)CC(=O)c1occc1Br. The molecular weight excluding hydrogens is 270 g/mol. The smallest absolute Gasteiger partial charge is 0.199 e. The van der Waals surface area contributed by atoms with Crippen LogP contribution in [0.2, 0.25) is 0 Å². The molecule has 1 atom stereocenters. The van der Waals surface area contributed by atoms with Gasteiger partial charge in [-0.05, 0) is 46.8 Å². The number of nitrogens with two attached hydrogens (primary N) is 1. The zero-order valence-electron chi connectivity index (χ0n) is 9.70. The molecule has 0 aromatic carbocycles. The maximum atomic E-state index is 11.9. The fourth-order valence-corrected chi connectivity index (χ4v) is 2.20. The van der Waals surface area contributed by atoms with Crippen LogP contribution in [0.5, 0.6) is 0 Å². The highest BCUT2D eigenvalue weighted by molar-refractivity contribution is 9.10. The molecule has 1 heterocycles. The van der Waals surface area contributed by atoms with Crippen LogP contribution in [0.15, 0.2) is 21.2 Å². The van der Waals surface area contributed by atoms with Gasteiger partial charge >= 0.3 is 0 Å². The fourth-order valence-electron chi connectivity index (χ4n) is 1.78. The number of halogens is 1. The molecule has 3 nitrogen and oxygen atoms in total. The number of ketones is 1. The van der Waals surface area contributed by atoms with Crippen molar-refractivity contribution in [1.82, 2.24) is 0 Å². The Bertz CT molecular complexity index is 347. The van der Waals surface area contributed by atoms with Gasteiger partial charge in [-0.1, -0.05) is 13.8 Å². The van der Waals surface area contributed by atoms with Gasteiger partial charge in [0.15, 0.2) is 11.5 Å². The third-order valence-corrected chi connectivity index (χ3v) is 3.11. The van der Waals surface area contributed by atoms with Crippen molar-refractivity contribution in [2.45, 2.75) is 26.7 Å². The first kappa shape index (κ1) is 13.5. The summed E-state index contributed by atoms with van der Waals surface area (Å²) >= 11 is 3.28. The van der Waals surface area contributed by atoms with E-state index in [0.29, 0.717) is 24.6 Å². The highest BCUT2D eigenvalue weighted by Gasteiger charge is 2.19. The zero-order valence-corrected chi connectivity index (χ0v) is 11.3. The largest absolute Gasteiger partial charge is 0.460 e. The van der Waals surface area contributed by atoms with E-state index in [1.165, 1.54) is 6.26 Å². The number of rotatable bonds is 6. The second-order valence-electron chi connectivity index (χ2n) is 4.46. The summed E-state index contributed by atoms with van der Waals surface area (Å²) in [6.45, 7) is 4.81. The zero-order chi connectivity index (χ0) is 12.1. The molecule has 0 saturated carbocycles. The van der Waals surface area contributed by atoms with Crippen LogP contribution in [-0.4, -0.2) is 12.3 Å². The van der Waals surface area contributed by atoms with Gasteiger partial charge < -0.3 is 10.2 Å². The predicted octanol–water partition coefficient (Wildman–Crippen LogP) is 3.24. The number of furan rings is 1. The number of Topliss-reactive ketones (excluding diaryl/α,β-unsaturated/α-hetero) is 1.